The van der Waals surface area contributed by atoms with E-state index in [0.29, 0.717) is 16.8 Å². The zero-order valence-corrected chi connectivity index (χ0v) is 15.0. The van der Waals surface area contributed by atoms with Gasteiger partial charge in [-0.15, -0.1) is 0 Å². The summed E-state index contributed by atoms with van der Waals surface area (Å²) in [5.41, 5.74) is 1.74. The Hall–Kier alpha value is -3.66. The first kappa shape index (κ1) is 19.7. The number of esters is 1. The maximum atomic E-state index is 12.7. The standard InChI is InChI=1S/C20H19N3O4/c1-13(24)22-17-9-4-3-8-16(17)19(25)23-18(20(26)27-2)11-14-6-5-7-15(10-14)12-21/h3-10,18H,11H2,1-2H3,(H,22,24)(H,23,25)/t18-/m1/s1. The number of nitrogens with zero attached hydrogens (tertiary/aromatic N) is 1. The maximum absolute atomic E-state index is 12.7. The Kier molecular flexibility index (Phi) is 6.67. The lowest BCUT2D eigenvalue weighted by atomic mass is 10.0. The van der Waals surface area contributed by atoms with Crippen molar-refractivity contribution in [3.8, 4) is 6.07 Å². The van der Waals surface area contributed by atoms with Crippen LogP contribution in [0.2, 0.25) is 0 Å². The highest BCUT2D eigenvalue weighted by atomic mass is 16.5. The number of ether oxygens (including phenoxy) is 1. The Bertz CT molecular complexity index is 902. The summed E-state index contributed by atoms with van der Waals surface area (Å²) in [6.45, 7) is 1.34. The molecule has 1 atom stereocenters. The predicted molar refractivity (Wildman–Crippen MR) is 98.9 cm³/mol. The van der Waals surface area contributed by atoms with Gasteiger partial charge < -0.3 is 15.4 Å². The molecular weight excluding hydrogens is 346 g/mol. The first-order chi connectivity index (χ1) is 12.9. The summed E-state index contributed by atoms with van der Waals surface area (Å²) in [5.74, 6) is -1.44. The minimum absolute atomic E-state index is 0.163. The van der Waals surface area contributed by atoms with E-state index in [-0.39, 0.29) is 17.9 Å². The highest BCUT2D eigenvalue weighted by Gasteiger charge is 2.24. The molecule has 2 rings (SSSR count). The lowest BCUT2D eigenvalue weighted by Gasteiger charge is -2.18. The molecule has 0 saturated heterocycles. The van der Waals surface area contributed by atoms with Crippen LogP contribution in [0.3, 0.4) is 0 Å². The third kappa shape index (κ3) is 5.41. The fourth-order valence-corrected chi connectivity index (χ4v) is 2.55. The number of nitrogens with one attached hydrogen (secondary N) is 2. The van der Waals surface area contributed by atoms with Crippen LogP contribution in [0.1, 0.15) is 28.4 Å². The van der Waals surface area contributed by atoms with Gasteiger partial charge in [0.25, 0.3) is 5.91 Å². The molecule has 7 heteroatoms. The highest BCUT2D eigenvalue weighted by Crippen LogP contribution is 2.16. The number of anilines is 1. The zero-order valence-electron chi connectivity index (χ0n) is 15.0. The summed E-state index contributed by atoms with van der Waals surface area (Å²) >= 11 is 0. The molecule has 0 fully saturated rings. The second-order valence-corrected chi connectivity index (χ2v) is 5.79. The van der Waals surface area contributed by atoms with Crippen LogP contribution in [-0.2, 0) is 20.7 Å². The SMILES string of the molecule is COC(=O)[C@@H](Cc1cccc(C#N)c1)NC(=O)c1ccccc1NC(C)=O. The highest BCUT2D eigenvalue weighted by molar-refractivity contribution is 6.04. The van der Waals surface area contributed by atoms with Crippen molar-refractivity contribution in [2.24, 2.45) is 0 Å². The normalized spacial score (nSPS) is 11.0. The average Bonchev–Trinajstić information content (AvgIpc) is 2.66. The van der Waals surface area contributed by atoms with Gasteiger partial charge in [0, 0.05) is 13.3 Å². The molecule has 2 aromatic carbocycles. The fraction of sp³-hybridized carbons (Fsp3) is 0.200. The van der Waals surface area contributed by atoms with Crippen molar-refractivity contribution in [3.63, 3.8) is 0 Å². The maximum Gasteiger partial charge on any atom is 0.328 e. The van der Waals surface area contributed by atoms with Gasteiger partial charge in [0.2, 0.25) is 5.91 Å². The molecule has 0 aromatic heterocycles. The molecule has 0 unspecified atom stereocenters. The number of carbonyl (C=O) groups excluding carboxylic acids is 3. The molecule has 138 valence electrons. The van der Waals surface area contributed by atoms with Gasteiger partial charge in [0.05, 0.1) is 30.0 Å². The molecule has 0 heterocycles. The van der Waals surface area contributed by atoms with Gasteiger partial charge in [0.1, 0.15) is 6.04 Å². The molecule has 0 saturated carbocycles. The second kappa shape index (κ2) is 9.15. The Morgan fingerprint density at radius 2 is 1.89 bits per heavy atom. The topological polar surface area (TPSA) is 108 Å². The van der Waals surface area contributed by atoms with E-state index in [1.165, 1.54) is 14.0 Å². The van der Waals surface area contributed by atoms with Crippen LogP contribution in [0.15, 0.2) is 48.5 Å². The molecule has 0 aliphatic rings. The number of amides is 2. The van der Waals surface area contributed by atoms with Crippen molar-refractivity contribution in [1.29, 1.82) is 5.26 Å². The molecule has 0 spiro atoms. The van der Waals surface area contributed by atoms with Crippen molar-refractivity contribution >= 4 is 23.5 Å². The number of para-hydroxylation sites is 1. The Labute approximate surface area is 156 Å². The Balaban J connectivity index is 2.23. The average molecular weight is 365 g/mol. The Morgan fingerprint density at radius 1 is 1.15 bits per heavy atom. The number of hydrogen-bond acceptors (Lipinski definition) is 5. The van der Waals surface area contributed by atoms with Crippen LogP contribution < -0.4 is 10.6 Å². The number of nitriles is 1. The summed E-state index contributed by atoms with van der Waals surface area (Å²) < 4.78 is 4.78. The van der Waals surface area contributed by atoms with Crippen LogP contribution >= 0.6 is 0 Å². The molecule has 0 aliphatic heterocycles. The molecule has 0 radical (unpaired) electrons. The van der Waals surface area contributed by atoms with Crippen LogP contribution in [0.25, 0.3) is 0 Å². The van der Waals surface area contributed by atoms with Gasteiger partial charge in [-0.1, -0.05) is 24.3 Å². The number of methoxy groups -OCH3 is 1. The molecule has 7 nitrogen and oxygen atoms in total. The van der Waals surface area contributed by atoms with Crippen LogP contribution in [-0.4, -0.2) is 30.9 Å². The van der Waals surface area contributed by atoms with E-state index in [0.717, 1.165) is 0 Å². The smallest absolute Gasteiger partial charge is 0.328 e. The molecule has 2 amide bonds. The number of benzene rings is 2. The van der Waals surface area contributed by atoms with Crippen molar-refractivity contribution in [2.75, 3.05) is 12.4 Å². The minimum Gasteiger partial charge on any atom is -0.467 e. The first-order valence-electron chi connectivity index (χ1n) is 8.19. The molecule has 0 aliphatic carbocycles. The predicted octanol–water partition coefficient (Wildman–Crippen LogP) is 2.03. The molecule has 2 N–H and O–H groups in total. The number of carbonyl (C=O) groups is 3. The Morgan fingerprint density at radius 3 is 2.56 bits per heavy atom. The quantitative estimate of drug-likeness (QED) is 0.762. The van der Waals surface area contributed by atoms with Gasteiger partial charge in [0.15, 0.2) is 0 Å². The number of rotatable bonds is 6. The fourth-order valence-electron chi connectivity index (χ4n) is 2.55. The number of hydrogen-bond donors (Lipinski definition) is 2. The van der Waals surface area contributed by atoms with E-state index in [4.69, 9.17) is 10.00 Å². The van der Waals surface area contributed by atoms with E-state index in [9.17, 15) is 14.4 Å². The molecule has 27 heavy (non-hydrogen) atoms. The summed E-state index contributed by atoms with van der Waals surface area (Å²) in [6.07, 6.45) is 0.163. The van der Waals surface area contributed by atoms with Crippen molar-refractivity contribution in [3.05, 3.63) is 65.2 Å². The van der Waals surface area contributed by atoms with Crippen molar-refractivity contribution < 1.29 is 19.1 Å². The summed E-state index contributed by atoms with van der Waals surface area (Å²) in [6, 6.07) is 14.3. The lowest BCUT2D eigenvalue weighted by Crippen LogP contribution is -2.43. The second-order valence-electron chi connectivity index (χ2n) is 5.79. The van der Waals surface area contributed by atoms with Crippen LogP contribution in [0, 0.1) is 11.3 Å². The van der Waals surface area contributed by atoms with Crippen molar-refractivity contribution in [2.45, 2.75) is 19.4 Å². The van der Waals surface area contributed by atoms with E-state index in [2.05, 4.69) is 10.6 Å². The van der Waals surface area contributed by atoms with Crippen molar-refractivity contribution in [1.82, 2.24) is 5.32 Å². The molecule has 0 bridgehead atoms. The van der Waals surface area contributed by atoms with Crippen LogP contribution in [0.4, 0.5) is 5.69 Å². The lowest BCUT2D eigenvalue weighted by molar-refractivity contribution is -0.142. The summed E-state index contributed by atoms with van der Waals surface area (Å²) in [5, 5.41) is 14.2. The van der Waals surface area contributed by atoms with E-state index < -0.39 is 17.9 Å². The summed E-state index contributed by atoms with van der Waals surface area (Å²) in [4.78, 5) is 36.1. The summed E-state index contributed by atoms with van der Waals surface area (Å²) in [7, 11) is 1.23. The molecule has 2 aromatic rings. The van der Waals surface area contributed by atoms with Gasteiger partial charge in [-0.05, 0) is 29.8 Å². The monoisotopic (exact) mass is 365 g/mol. The van der Waals surface area contributed by atoms with E-state index in [1.807, 2.05) is 6.07 Å². The van der Waals surface area contributed by atoms with Gasteiger partial charge in [-0.2, -0.15) is 5.26 Å². The molecular formula is C20H19N3O4. The largest absolute Gasteiger partial charge is 0.467 e. The minimum atomic E-state index is -0.943. The van der Waals surface area contributed by atoms with Gasteiger partial charge >= 0.3 is 5.97 Å². The zero-order chi connectivity index (χ0) is 19.8. The van der Waals surface area contributed by atoms with Gasteiger partial charge in [-0.25, -0.2) is 4.79 Å². The van der Waals surface area contributed by atoms with Gasteiger partial charge in [-0.3, -0.25) is 9.59 Å². The van der Waals surface area contributed by atoms with Crippen LogP contribution in [0.5, 0.6) is 0 Å². The third-order valence-electron chi connectivity index (χ3n) is 3.77. The third-order valence-corrected chi connectivity index (χ3v) is 3.77. The van der Waals surface area contributed by atoms with E-state index in [1.54, 1.807) is 48.5 Å². The van der Waals surface area contributed by atoms with E-state index >= 15 is 0 Å². The first-order valence-corrected chi connectivity index (χ1v) is 8.19.